The predicted octanol–water partition coefficient (Wildman–Crippen LogP) is 5.27. The quantitative estimate of drug-likeness (QED) is 0.399. The number of nitrogens with one attached hydrogen (secondary N) is 1. The first-order valence-corrected chi connectivity index (χ1v) is 8.89. The highest BCUT2D eigenvalue weighted by Crippen LogP contribution is 2.40. The first-order chi connectivity index (χ1) is 11.8. The third kappa shape index (κ3) is 7.44. The summed E-state index contributed by atoms with van der Waals surface area (Å²) in [7, 11) is 0. The molecule has 1 aliphatic carbocycles. The van der Waals surface area contributed by atoms with Crippen LogP contribution in [0.15, 0.2) is 58.7 Å². The molecule has 0 bridgehead atoms. The van der Waals surface area contributed by atoms with Crippen molar-refractivity contribution in [2.45, 2.75) is 53.9 Å². The number of hydrogen-bond donors (Lipinski definition) is 1. The maximum absolute atomic E-state index is 11.5. The Balaban J connectivity index is 2.71. The van der Waals surface area contributed by atoms with Crippen molar-refractivity contribution in [1.29, 1.82) is 0 Å². The fourth-order valence-electron chi connectivity index (χ4n) is 3.08. The first-order valence-electron chi connectivity index (χ1n) is 8.89. The second-order valence-electron chi connectivity index (χ2n) is 7.34. The Hall–Kier alpha value is -2.27. The van der Waals surface area contributed by atoms with Crippen LogP contribution in [0.2, 0.25) is 0 Å². The zero-order valence-electron chi connectivity index (χ0n) is 16.3. The Kier molecular flexibility index (Phi) is 8.22. The third-order valence-electron chi connectivity index (χ3n) is 4.50. The van der Waals surface area contributed by atoms with Gasteiger partial charge in [-0.3, -0.25) is 4.79 Å². The summed E-state index contributed by atoms with van der Waals surface area (Å²) in [6, 6.07) is 0. The van der Waals surface area contributed by atoms with E-state index in [0.717, 1.165) is 5.57 Å². The Bertz CT molecular complexity index is 675. The van der Waals surface area contributed by atoms with E-state index in [-0.39, 0.29) is 17.9 Å². The average molecular weight is 338 g/mol. The molecule has 1 aliphatic rings. The molecule has 134 valence electrons. The molecule has 0 aromatic rings. The van der Waals surface area contributed by atoms with Gasteiger partial charge in [-0.2, -0.15) is 0 Å². The molecule has 0 aliphatic heterocycles. The van der Waals surface area contributed by atoms with Gasteiger partial charge in [-0.25, -0.2) is 0 Å². The monoisotopic (exact) mass is 337 g/mol. The minimum Gasteiger partial charge on any atom is -0.342 e. The van der Waals surface area contributed by atoms with Crippen molar-refractivity contribution >= 4 is 5.91 Å². The lowest BCUT2D eigenvalue weighted by molar-refractivity contribution is -0.116. The van der Waals surface area contributed by atoms with Gasteiger partial charge in [0.05, 0.1) is 6.54 Å². The van der Waals surface area contributed by atoms with E-state index in [9.17, 15) is 4.79 Å². The van der Waals surface area contributed by atoms with Crippen molar-refractivity contribution < 1.29 is 4.79 Å². The van der Waals surface area contributed by atoms with Crippen molar-refractivity contribution in [3.05, 3.63) is 58.7 Å². The van der Waals surface area contributed by atoms with Crippen LogP contribution in [0.4, 0.5) is 0 Å². The van der Waals surface area contributed by atoms with Gasteiger partial charge in [-0.1, -0.05) is 61.3 Å². The van der Waals surface area contributed by atoms with Gasteiger partial charge in [0, 0.05) is 6.08 Å². The van der Waals surface area contributed by atoms with Gasteiger partial charge in [-0.15, -0.1) is 6.42 Å². The maximum Gasteiger partial charge on any atom is 0.244 e. The zero-order valence-corrected chi connectivity index (χ0v) is 16.3. The van der Waals surface area contributed by atoms with Crippen molar-refractivity contribution in [3.63, 3.8) is 0 Å². The molecule has 0 atom stereocenters. The lowest BCUT2D eigenvalue weighted by atomic mass is 9.72. The van der Waals surface area contributed by atoms with E-state index in [1.807, 2.05) is 19.1 Å². The first kappa shape index (κ1) is 20.8. The lowest BCUT2D eigenvalue weighted by Crippen LogP contribution is -2.21. The number of carbonyl (C=O) groups is 1. The van der Waals surface area contributed by atoms with Crippen LogP contribution in [0.1, 0.15) is 53.9 Å². The van der Waals surface area contributed by atoms with E-state index in [2.05, 4.69) is 57.2 Å². The van der Waals surface area contributed by atoms with Crippen LogP contribution in [-0.2, 0) is 4.79 Å². The van der Waals surface area contributed by atoms with Gasteiger partial charge >= 0.3 is 0 Å². The molecule has 2 heteroatoms. The van der Waals surface area contributed by atoms with Crippen LogP contribution in [0.25, 0.3) is 0 Å². The molecule has 0 radical (unpaired) electrons. The van der Waals surface area contributed by atoms with Gasteiger partial charge in [0.25, 0.3) is 0 Å². The third-order valence-corrected chi connectivity index (χ3v) is 4.50. The summed E-state index contributed by atoms with van der Waals surface area (Å²) >= 11 is 0. The van der Waals surface area contributed by atoms with Crippen LogP contribution in [0.5, 0.6) is 0 Å². The van der Waals surface area contributed by atoms with Crippen molar-refractivity contribution in [3.8, 4) is 12.3 Å². The van der Waals surface area contributed by atoms with E-state index in [1.54, 1.807) is 6.08 Å². The second kappa shape index (κ2) is 9.89. The highest BCUT2D eigenvalue weighted by molar-refractivity contribution is 5.88. The van der Waals surface area contributed by atoms with Gasteiger partial charge in [-0.05, 0) is 56.6 Å². The molecule has 0 unspecified atom stereocenters. The smallest absolute Gasteiger partial charge is 0.244 e. The van der Waals surface area contributed by atoms with Crippen LogP contribution >= 0.6 is 0 Å². The van der Waals surface area contributed by atoms with E-state index < -0.39 is 0 Å². The van der Waals surface area contributed by atoms with Crippen LogP contribution in [0, 0.1) is 17.8 Å². The Morgan fingerprint density at radius 3 is 2.64 bits per heavy atom. The van der Waals surface area contributed by atoms with Crippen molar-refractivity contribution in [2.75, 3.05) is 6.54 Å². The maximum atomic E-state index is 11.5. The van der Waals surface area contributed by atoms with Gasteiger partial charge in [0.2, 0.25) is 5.91 Å². The second-order valence-corrected chi connectivity index (χ2v) is 7.34. The van der Waals surface area contributed by atoms with Gasteiger partial charge in [0.15, 0.2) is 0 Å². The molecule has 1 rings (SSSR count). The Labute approximate surface area is 153 Å². The summed E-state index contributed by atoms with van der Waals surface area (Å²) in [5.41, 5.74) is 5.31. The number of carbonyl (C=O) groups excluding carboxylic acids is 1. The number of rotatable bonds is 6. The number of terminal acetylenes is 1. The molecule has 0 aromatic heterocycles. The zero-order chi connectivity index (χ0) is 18.9. The van der Waals surface area contributed by atoms with Crippen molar-refractivity contribution in [1.82, 2.24) is 5.32 Å². The van der Waals surface area contributed by atoms with Crippen molar-refractivity contribution in [2.24, 2.45) is 5.41 Å². The topological polar surface area (TPSA) is 29.1 Å². The summed E-state index contributed by atoms with van der Waals surface area (Å²) < 4.78 is 0. The lowest BCUT2D eigenvalue weighted by Gasteiger charge is -2.32. The number of allylic oxidation sites excluding steroid dienone is 9. The molecule has 0 aromatic carbocycles. The van der Waals surface area contributed by atoms with Crippen LogP contribution in [0.3, 0.4) is 0 Å². The predicted molar refractivity (Wildman–Crippen MR) is 108 cm³/mol. The fraction of sp³-hybridized carbons (Fsp3) is 0.435. The molecular weight excluding hydrogens is 306 g/mol. The highest BCUT2D eigenvalue weighted by Gasteiger charge is 2.26. The summed E-state index contributed by atoms with van der Waals surface area (Å²) in [6.45, 7) is 11.1. The summed E-state index contributed by atoms with van der Waals surface area (Å²) in [5.74, 6) is 2.22. The van der Waals surface area contributed by atoms with E-state index in [1.165, 1.54) is 36.0 Å². The standard InChI is InChI=1S/C23H31NO/c1-7-16-24-22(25)17-19(3)11-8-10-18(2)13-14-21-20(4)12-9-15-23(21,5)6/h1,8,10-11,13-14,17H,9,12,15-16H2,2-6H3,(H,24,25). The molecular formula is C23H31NO. The SMILES string of the molecule is C#CCNC(=O)C=C(C)C=CC=C(C)C=CC1=C(C)CCCC1(C)C. The Morgan fingerprint density at radius 1 is 1.28 bits per heavy atom. The minimum atomic E-state index is -0.164. The van der Waals surface area contributed by atoms with E-state index >= 15 is 0 Å². The molecule has 0 heterocycles. The molecule has 25 heavy (non-hydrogen) atoms. The molecule has 0 spiro atoms. The minimum absolute atomic E-state index is 0.164. The molecule has 0 fully saturated rings. The molecule has 2 nitrogen and oxygen atoms in total. The van der Waals surface area contributed by atoms with Gasteiger partial charge in [0.1, 0.15) is 0 Å². The summed E-state index contributed by atoms with van der Waals surface area (Å²) in [5, 5.41) is 2.61. The van der Waals surface area contributed by atoms with Crippen LogP contribution in [-0.4, -0.2) is 12.5 Å². The number of amides is 1. The molecule has 0 saturated carbocycles. The van der Waals surface area contributed by atoms with Crippen LogP contribution < -0.4 is 5.32 Å². The van der Waals surface area contributed by atoms with Gasteiger partial charge < -0.3 is 5.32 Å². The molecule has 1 N–H and O–H groups in total. The highest BCUT2D eigenvalue weighted by atomic mass is 16.1. The summed E-state index contributed by atoms with van der Waals surface area (Å²) in [6.07, 6.45) is 20.8. The fourth-order valence-corrected chi connectivity index (χ4v) is 3.08. The molecule has 1 amide bonds. The normalized spacial score (nSPS) is 18.7. The van der Waals surface area contributed by atoms with E-state index in [4.69, 9.17) is 6.42 Å². The molecule has 0 saturated heterocycles. The summed E-state index contributed by atoms with van der Waals surface area (Å²) in [4.78, 5) is 11.5. The number of hydrogen-bond acceptors (Lipinski definition) is 1. The Morgan fingerprint density at radius 2 is 2.00 bits per heavy atom. The average Bonchev–Trinajstić information content (AvgIpc) is 2.51. The largest absolute Gasteiger partial charge is 0.342 e. The van der Waals surface area contributed by atoms with E-state index in [0.29, 0.717) is 0 Å².